The van der Waals surface area contributed by atoms with Gasteiger partial charge in [-0.2, -0.15) is 5.10 Å². The van der Waals surface area contributed by atoms with Crippen molar-refractivity contribution in [3.05, 3.63) is 23.8 Å². The van der Waals surface area contributed by atoms with Crippen molar-refractivity contribution in [1.29, 1.82) is 0 Å². The van der Waals surface area contributed by atoms with Crippen molar-refractivity contribution < 1.29 is 23.8 Å². The maximum atomic E-state index is 11.3. The number of benzene rings is 1. The van der Waals surface area contributed by atoms with E-state index in [9.17, 15) is 9.59 Å². The Morgan fingerprint density at radius 2 is 2.23 bits per heavy atom. The Bertz CT molecular complexity index is 706. The van der Waals surface area contributed by atoms with Crippen LogP contribution in [-0.4, -0.2) is 49.3 Å². The van der Waals surface area contributed by atoms with Crippen LogP contribution in [0.5, 0.6) is 11.5 Å². The molecule has 2 rings (SSSR count). The summed E-state index contributed by atoms with van der Waals surface area (Å²) in [4.78, 5) is 22.4. The molecule has 0 radical (unpaired) electrons. The minimum Gasteiger partial charge on any atom is -0.493 e. The normalized spacial score (nSPS) is 15.3. The minimum atomic E-state index is -0.236. The van der Waals surface area contributed by atoms with Crippen molar-refractivity contribution in [2.45, 2.75) is 19.8 Å². The summed E-state index contributed by atoms with van der Waals surface area (Å²) in [6.45, 7) is 2.51. The average molecular weight is 379 g/mol. The number of amidine groups is 1. The third-order valence-corrected chi connectivity index (χ3v) is 4.08. The van der Waals surface area contributed by atoms with E-state index in [1.807, 2.05) is 6.07 Å². The molecule has 1 fully saturated rings. The van der Waals surface area contributed by atoms with Crippen molar-refractivity contribution in [3.8, 4) is 11.5 Å². The van der Waals surface area contributed by atoms with Crippen LogP contribution in [0.1, 0.15) is 25.3 Å². The van der Waals surface area contributed by atoms with Gasteiger partial charge in [-0.3, -0.25) is 9.59 Å². The number of ether oxygens (including phenoxy) is 3. The van der Waals surface area contributed by atoms with Gasteiger partial charge in [0.2, 0.25) is 5.91 Å². The van der Waals surface area contributed by atoms with E-state index in [4.69, 9.17) is 14.2 Å². The Labute approximate surface area is 156 Å². The molecule has 1 N–H and O–H groups in total. The second-order valence-electron chi connectivity index (χ2n) is 5.15. The third kappa shape index (κ3) is 6.40. The predicted octanol–water partition coefficient (Wildman–Crippen LogP) is 1.97. The Kier molecular flexibility index (Phi) is 7.94. The Morgan fingerprint density at radius 1 is 1.38 bits per heavy atom. The predicted molar refractivity (Wildman–Crippen MR) is 100.0 cm³/mol. The quantitative estimate of drug-likeness (QED) is 0.305. The van der Waals surface area contributed by atoms with Gasteiger partial charge in [0.1, 0.15) is 0 Å². The monoisotopic (exact) mass is 379 g/mol. The number of carbonyl (C=O) groups excluding carboxylic acids is 2. The molecule has 1 heterocycles. The van der Waals surface area contributed by atoms with E-state index >= 15 is 0 Å². The van der Waals surface area contributed by atoms with Gasteiger partial charge in [-0.1, -0.05) is 11.8 Å². The van der Waals surface area contributed by atoms with Crippen molar-refractivity contribution in [3.63, 3.8) is 0 Å². The highest BCUT2D eigenvalue weighted by Crippen LogP contribution is 2.27. The first kappa shape index (κ1) is 19.8. The number of carbonyl (C=O) groups is 2. The highest BCUT2D eigenvalue weighted by atomic mass is 32.2. The fraction of sp³-hybridized carbons (Fsp3) is 0.412. The summed E-state index contributed by atoms with van der Waals surface area (Å²) in [5.41, 5.74) is 0.768. The van der Waals surface area contributed by atoms with E-state index in [2.05, 4.69) is 15.5 Å². The fourth-order valence-electron chi connectivity index (χ4n) is 2.05. The lowest BCUT2D eigenvalue weighted by molar-refractivity contribution is -0.143. The molecule has 1 aromatic rings. The third-order valence-electron chi connectivity index (χ3n) is 3.22. The number of amides is 1. The van der Waals surface area contributed by atoms with Gasteiger partial charge in [-0.25, -0.2) is 0 Å². The van der Waals surface area contributed by atoms with E-state index in [-0.39, 0.29) is 11.9 Å². The Balaban J connectivity index is 1.92. The second kappa shape index (κ2) is 10.4. The van der Waals surface area contributed by atoms with E-state index in [1.165, 1.54) is 11.8 Å². The van der Waals surface area contributed by atoms with Gasteiger partial charge in [0.15, 0.2) is 16.7 Å². The van der Waals surface area contributed by atoms with Crippen LogP contribution in [0.15, 0.2) is 28.4 Å². The molecule has 1 saturated heterocycles. The maximum absolute atomic E-state index is 11.3. The lowest BCUT2D eigenvalue weighted by Crippen LogP contribution is -2.19. The molecule has 1 aliphatic heterocycles. The van der Waals surface area contributed by atoms with Crippen LogP contribution in [0.2, 0.25) is 0 Å². The number of nitrogens with zero attached hydrogens (tertiary/aromatic N) is 2. The molecule has 0 atom stereocenters. The molecule has 0 aromatic heterocycles. The van der Waals surface area contributed by atoms with Gasteiger partial charge < -0.3 is 19.5 Å². The Hall–Kier alpha value is -2.55. The molecule has 9 heteroatoms. The van der Waals surface area contributed by atoms with E-state index in [1.54, 1.807) is 32.4 Å². The first-order valence-corrected chi connectivity index (χ1v) is 9.11. The minimum absolute atomic E-state index is 0.0769. The summed E-state index contributed by atoms with van der Waals surface area (Å²) in [7, 11) is 1.56. The molecule has 0 aliphatic carbocycles. The smallest absolute Gasteiger partial charge is 0.305 e. The number of thioether (sulfide) groups is 1. The first-order valence-electron chi connectivity index (χ1n) is 8.12. The zero-order chi connectivity index (χ0) is 18.8. The molecule has 0 saturated carbocycles. The fourth-order valence-corrected chi connectivity index (χ4v) is 2.68. The summed E-state index contributed by atoms with van der Waals surface area (Å²) < 4.78 is 15.8. The molecule has 0 unspecified atom stereocenters. The summed E-state index contributed by atoms with van der Waals surface area (Å²) in [5.74, 6) is 1.19. The van der Waals surface area contributed by atoms with Gasteiger partial charge in [0.25, 0.3) is 0 Å². The first-order chi connectivity index (χ1) is 12.6. The number of rotatable bonds is 9. The van der Waals surface area contributed by atoms with Crippen LogP contribution >= 0.6 is 11.8 Å². The lowest BCUT2D eigenvalue weighted by atomic mass is 10.2. The van der Waals surface area contributed by atoms with Gasteiger partial charge in [-0.15, -0.1) is 5.10 Å². The van der Waals surface area contributed by atoms with Gasteiger partial charge in [-0.05, 0) is 37.1 Å². The molecule has 1 aromatic carbocycles. The zero-order valence-corrected chi connectivity index (χ0v) is 15.5. The molecule has 0 bridgehead atoms. The van der Waals surface area contributed by atoms with E-state index in [0.717, 1.165) is 5.56 Å². The van der Waals surface area contributed by atoms with Crippen LogP contribution in [0, 0.1) is 0 Å². The summed E-state index contributed by atoms with van der Waals surface area (Å²) in [5, 5.41) is 11.0. The molecular formula is C17H21N3O5S. The number of hydrogen-bond acceptors (Lipinski definition) is 8. The van der Waals surface area contributed by atoms with Crippen LogP contribution in [0.4, 0.5) is 0 Å². The van der Waals surface area contributed by atoms with Crippen molar-refractivity contribution in [1.82, 2.24) is 5.32 Å². The summed E-state index contributed by atoms with van der Waals surface area (Å²) >= 11 is 1.31. The molecule has 26 heavy (non-hydrogen) atoms. The molecule has 1 amide bonds. The number of methoxy groups -OCH3 is 1. The van der Waals surface area contributed by atoms with Crippen molar-refractivity contribution >= 4 is 35.0 Å². The lowest BCUT2D eigenvalue weighted by Gasteiger charge is -2.11. The molecule has 1 aliphatic rings. The SMILES string of the molecule is CCOC(=O)CCCOc1cc(C=NN=C2NC(=O)CS2)ccc1OC. The molecule has 140 valence electrons. The van der Waals surface area contributed by atoms with E-state index < -0.39 is 0 Å². The highest BCUT2D eigenvalue weighted by molar-refractivity contribution is 8.15. The van der Waals surface area contributed by atoms with Crippen LogP contribution in [-0.2, 0) is 14.3 Å². The van der Waals surface area contributed by atoms with Crippen LogP contribution in [0.3, 0.4) is 0 Å². The number of nitrogens with one attached hydrogen (secondary N) is 1. The van der Waals surface area contributed by atoms with Gasteiger partial charge in [0.05, 0.1) is 32.3 Å². The number of hydrogen-bond donors (Lipinski definition) is 1. The summed E-state index contributed by atoms with van der Waals surface area (Å²) in [6, 6.07) is 5.35. The van der Waals surface area contributed by atoms with Gasteiger partial charge in [0, 0.05) is 6.42 Å². The molecular weight excluding hydrogens is 358 g/mol. The van der Waals surface area contributed by atoms with E-state index in [0.29, 0.717) is 48.5 Å². The van der Waals surface area contributed by atoms with Crippen LogP contribution < -0.4 is 14.8 Å². The van der Waals surface area contributed by atoms with Gasteiger partial charge >= 0.3 is 5.97 Å². The topological polar surface area (TPSA) is 98.6 Å². The standard InChI is InChI=1S/C17H21N3O5S/c1-3-24-16(22)5-4-8-25-14-9-12(6-7-13(14)23-2)10-18-20-17-19-15(21)11-26-17/h6-7,9-10H,3-5,8,11H2,1-2H3,(H,19,20,21). The highest BCUT2D eigenvalue weighted by Gasteiger charge is 2.16. The van der Waals surface area contributed by atoms with Crippen molar-refractivity contribution in [2.24, 2.45) is 10.2 Å². The van der Waals surface area contributed by atoms with Crippen molar-refractivity contribution in [2.75, 3.05) is 26.1 Å². The zero-order valence-electron chi connectivity index (χ0n) is 14.7. The second-order valence-corrected chi connectivity index (χ2v) is 6.12. The van der Waals surface area contributed by atoms with Crippen LogP contribution in [0.25, 0.3) is 0 Å². The molecule has 8 nitrogen and oxygen atoms in total. The average Bonchev–Trinajstić information content (AvgIpc) is 3.04. The largest absolute Gasteiger partial charge is 0.493 e. The molecule has 0 spiro atoms. The maximum Gasteiger partial charge on any atom is 0.305 e. The Morgan fingerprint density at radius 3 is 2.92 bits per heavy atom. The number of esters is 1. The summed E-state index contributed by atoms with van der Waals surface area (Å²) in [6.07, 6.45) is 2.41.